The highest BCUT2D eigenvalue weighted by Crippen LogP contribution is 2.39. The number of hydrogen-bond donors (Lipinski definition) is 1. The molecule has 0 bridgehead atoms. The van der Waals surface area contributed by atoms with Crippen LogP contribution in [0.1, 0.15) is 34.8 Å². The van der Waals surface area contributed by atoms with Gasteiger partial charge in [-0.1, -0.05) is 12.1 Å². The average Bonchev–Trinajstić information content (AvgIpc) is 3.11. The Morgan fingerprint density at radius 3 is 2.38 bits per heavy atom. The number of carbonyl (C=O) groups excluding carboxylic acids is 1. The van der Waals surface area contributed by atoms with Crippen LogP contribution in [0.4, 0.5) is 0 Å². The Bertz CT molecular complexity index is 360. The molecule has 0 spiro atoms. The summed E-state index contributed by atoms with van der Waals surface area (Å²) in [6.07, 6.45) is 2.44. The predicted octanol–water partition coefficient (Wildman–Crippen LogP) is 2.30. The van der Waals surface area contributed by atoms with Crippen molar-refractivity contribution in [3.8, 4) is 0 Å². The van der Waals surface area contributed by atoms with Crippen molar-refractivity contribution in [1.29, 1.82) is 0 Å². The molecule has 0 saturated heterocycles. The molecule has 1 aromatic rings. The van der Waals surface area contributed by atoms with Gasteiger partial charge in [-0.05, 0) is 36.5 Å². The molecule has 1 atom stereocenters. The Labute approximate surface area is 101 Å². The van der Waals surface area contributed by atoms with Crippen LogP contribution in [0.15, 0.2) is 24.3 Å². The Morgan fingerprint density at radius 1 is 1.38 bits per heavy atom. The monoisotopic (exact) mass is 241 g/mol. The van der Waals surface area contributed by atoms with Crippen LogP contribution >= 0.6 is 12.4 Å². The quantitative estimate of drug-likeness (QED) is 0.827. The van der Waals surface area contributed by atoms with Crippen LogP contribution in [0.3, 0.4) is 0 Å². The average molecular weight is 242 g/mol. The first-order valence-corrected chi connectivity index (χ1v) is 5.16. The molecule has 0 radical (unpaired) electrons. The summed E-state index contributed by atoms with van der Waals surface area (Å²) in [4.78, 5) is 11.2. The Morgan fingerprint density at radius 2 is 1.94 bits per heavy atom. The number of halogens is 1. The first-order chi connectivity index (χ1) is 7.22. The molecule has 4 heteroatoms. The molecule has 1 aromatic carbocycles. The highest BCUT2D eigenvalue weighted by Gasteiger charge is 2.29. The highest BCUT2D eigenvalue weighted by atomic mass is 35.5. The topological polar surface area (TPSA) is 52.3 Å². The first-order valence-electron chi connectivity index (χ1n) is 5.16. The summed E-state index contributed by atoms with van der Waals surface area (Å²) in [6, 6.07) is 7.48. The summed E-state index contributed by atoms with van der Waals surface area (Å²) in [5.74, 6) is 0.329. The molecule has 16 heavy (non-hydrogen) atoms. The minimum Gasteiger partial charge on any atom is -0.465 e. The predicted molar refractivity (Wildman–Crippen MR) is 64.7 cm³/mol. The zero-order valence-electron chi connectivity index (χ0n) is 9.18. The smallest absolute Gasteiger partial charge is 0.337 e. The third-order valence-electron chi connectivity index (χ3n) is 2.85. The standard InChI is InChI=1S/C12H15NO2.ClH/c1-15-12(14)10-6-4-9(5-7-10)11(13)8-2-3-8;/h4-8,11H,2-3,13H2,1H3;1H. The van der Waals surface area contributed by atoms with Gasteiger partial charge >= 0.3 is 5.97 Å². The lowest BCUT2D eigenvalue weighted by atomic mass is 10.0. The molecule has 88 valence electrons. The van der Waals surface area contributed by atoms with Gasteiger partial charge in [0, 0.05) is 6.04 Å². The van der Waals surface area contributed by atoms with E-state index in [1.54, 1.807) is 12.1 Å². The summed E-state index contributed by atoms with van der Waals surface area (Å²) in [6.45, 7) is 0. The summed E-state index contributed by atoms with van der Waals surface area (Å²) in [7, 11) is 1.38. The van der Waals surface area contributed by atoms with Gasteiger partial charge in [0.15, 0.2) is 0 Å². The lowest BCUT2D eigenvalue weighted by molar-refractivity contribution is 0.0600. The number of hydrogen-bond acceptors (Lipinski definition) is 3. The highest BCUT2D eigenvalue weighted by molar-refractivity contribution is 5.89. The Balaban J connectivity index is 0.00000128. The van der Waals surface area contributed by atoms with E-state index in [0.717, 1.165) is 5.56 Å². The van der Waals surface area contributed by atoms with Crippen molar-refractivity contribution < 1.29 is 9.53 Å². The molecule has 0 aromatic heterocycles. The van der Waals surface area contributed by atoms with Crippen LogP contribution in [0.25, 0.3) is 0 Å². The van der Waals surface area contributed by atoms with Crippen LogP contribution in [0.2, 0.25) is 0 Å². The second kappa shape index (κ2) is 5.32. The molecule has 1 aliphatic carbocycles. The molecule has 0 aliphatic heterocycles. The van der Waals surface area contributed by atoms with Gasteiger partial charge in [-0.15, -0.1) is 12.4 Å². The number of rotatable bonds is 3. The van der Waals surface area contributed by atoms with E-state index in [1.165, 1.54) is 20.0 Å². The van der Waals surface area contributed by atoms with Gasteiger partial charge in [0.1, 0.15) is 0 Å². The summed E-state index contributed by atoms with van der Waals surface area (Å²) < 4.78 is 4.63. The number of esters is 1. The number of benzene rings is 1. The molecule has 3 nitrogen and oxygen atoms in total. The Hall–Kier alpha value is -1.06. The van der Waals surface area contributed by atoms with Crippen molar-refractivity contribution in [1.82, 2.24) is 0 Å². The van der Waals surface area contributed by atoms with Gasteiger partial charge in [-0.3, -0.25) is 0 Å². The number of methoxy groups -OCH3 is 1. The van der Waals surface area contributed by atoms with Crippen LogP contribution in [0.5, 0.6) is 0 Å². The van der Waals surface area contributed by atoms with Crippen molar-refractivity contribution in [3.05, 3.63) is 35.4 Å². The third kappa shape index (κ3) is 2.74. The van der Waals surface area contributed by atoms with Gasteiger partial charge < -0.3 is 10.5 Å². The largest absolute Gasteiger partial charge is 0.465 e. The molecule has 0 heterocycles. The van der Waals surface area contributed by atoms with Crippen molar-refractivity contribution in [2.24, 2.45) is 11.7 Å². The van der Waals surface area contributed by atoms with Gasteiger partial charge in [0.25, 0.3) is 0 Å². The van der Waals surface area contributed by atoms with Gasteiger partial charge in [-0.2, -0.15) is 0 Å². The minimum absolute atomic E-state index is 0. The fourth-order valence-electron chi connectivity index (χ4n) is 1.69. The van der Waals surface area contributed by atoms with Crippen LogP contribution in [0, 0.1) is 5.92 Å². The molecule has 0 amide bonds. The maximum Gasteiger partial charge on any atom is 0.337 e. The van der Waals surface area contributed by atoms with Crippen LogP contribution in [-0.2, 0) is 4.74 Å². The number of carbonyl (C=O) groups is 1. The summed E-state index contributed by atoms with van der Waals surface area (Å²) >= 11 is 0. The van der Waals surface area contributed by atoms with E-state index in [4.69, 9.17) is 5.73 Å². The Kier molecular flexibility index (Phi) is 4.33. The maximum atomic E-state index is 11.2. The van der Waals surface area contributed by atoms with Gasteiger partial charge in [-0.25, -0.2) is 4.79 Å². The summed E-state index contributed by atoms with van der Waals surface area (Å²) in [5.41, 5.74) is 7.72. The van der Waals surface area contributed by atoms with Crippen molar-refractivity contribution >= 4 is 18.4 Å². The third-order valence-corrected chi connectivity index (χ3v) is 2.85. The van der Waals surface area contributed by atoms with Crippen LogP contribution in [-0.4, -0.2) is 13.1 Å². The second-order valence-electron chi connectivity index (χ2n) is 3.98. The molecule has 2 rings (SSSR count). The molecule has 2 N–H and O–H groups in total. The fraction of sp³-hybridized carbons (Fsp3) is 0.417. The van der Waals surface area contributed by atoms with E-state index in [-0.39, 0.29) is 24.4 Å². The maximum absolute atomic E-state index is 11.2. The lowest BCUT2D eigenvalue weighted by Crippen LogP contribution is -2.12. The normalized spacial score (nSPS) is 16.1. The molecule has 1 fully saturated rings. The van der Waals surface area contributed by atoms with Gasteiger partial charge in [0.2, 0.25) is 0 Å². The molecular weight excluding hydrogens is 226 g/mol. The minimum atomic E-state index is -0.304. The van der Waals surface area contributed by atoms with Crippen molar-refractivity contribution in [2.45, 2.75) is 18.9 Å². The molecule has 1 aliphatic rings. The SMILES string of the molecule is COC(=O)c1ccc(C(N)C2CC2)cc1.Cl. The first kappa shape index (κ1) is 13.0. The lowest BCUT2D eigenvalue weighted by Gasteiger charge is -2.10. The van der Waals surface area contributed by atoms with E-state index in [0.29, 0.717) is 11.5 Å². The van der Waals surface area contributed by atoms with E-state index < -0.39 is 0 Å². The zero-order valence-corrected chi connectivity index (χ0v) is 10.00. The van der Waals surface area contributed by atoms with Crippen LogP contribution < -0.4 is 5.73 Å². The van der Waals surface area contributed by atoms with Crippen molar-refractivity contribution in [2.75, 3.05) is 7.11 Å². The molecular formula is C12H16ClNO2. The van der Waals surface area contributed by atoms with E-state index in [9.17, 15) is 4.79 Å². The number of ether oxygens (including phenoxy) is 1. The summed E-state index contributed by atoms with van der Waals surface area (Å²) in [5, 5.41) is 0. The fourth-order valence-corrected chi connectivity index (χ4v) is 1.69. The zero-order chi connectivity index (χ0) is 10.8. The van der Waals surface area contributed by atoms with E-state index in [2.05, 4.69) is 4.74 Å². The molecule has 1 unspecified atom stereocenters. The van der Waals surface area contributed by atoms with E-state index >= 15 is 0 Å². The second-order valence-corrected chi connectivity index (χ2v) is 3.98. The number of nitrogens with two attached hydrogens (primary N) is 1. The molecule has 1 saturated carbocycles. The van der Waals surface area contributed by atoms with Crippen molar-refractivity contribution in [3.63, 3.8) is 0 Å². The van der Waals surface area contributed by atoms with E-state index in [1.807, 2.05) is 12.1 Å². The van der Waals surface area contributed by atoms with Gasteiger partial charge in [0.05, 0.1) is 12.7 Å².